The number of aliphatic hydroxyl groups is 1. The van der Waals surface area contributed by atoms with Gasteiger partial charge in [0.15, 0.2) is 11.5 Å². The number of hydrogen-bond acceptors (Lipinski definition) is 5. The third kappa shape index (κ3) is 3.14. The molecule has 126 valence electrons. The van der Waals surface area contributed by atoms with Crippen molar-refractivity contribution in [1.29, 1.82) is 0 Å². The highest BCUT2D eigenvalue weighted by molar-refractivity contribution is 6.31. The first-order valence-corrected chi connectivity index (χ1v) is 7.70. The van der Waals surface area contributed by atoms with E-state index in [-0.39, 0.29) is 16.9 Å². The summed E-state index contributed by atoms with van der Waals surface area (Å²) in [7, 11) is 1.21. The third-order valence-corrected chi connectivity index (χ3v) is 3.88. The molecule has 3 rings (SSSR count). The van der Waals surface area contributed by atoms with Crippen LogP contribution in [0, 0.1) is 0 Å². The largest absolute Gasteiger partial charge is 0.504 e. The number of ether oxygens (including phenoxy) is 2. The summed E-state index contributed by atoms with van der Waals surface area (Å²) < 4.78 is 9.97. The van der Waals surface area contributed by atoms with Gasteiger partial charge in [0.25, 0.3) is 0 Å². The Balaban J connectivity index is 2.22. The summed E-state index contributed by atoms with van der Waals surface area (Å²) in [4.78, 5) is 24.5. The average molecular weight is 357 g/mol. The van der Waals surface area contributed by atoms with Crippen LogP contribution < -0.4 is 0 Å². The van der Waals surface area contributed by atoms with E-state index in [0.717, 1.165) is 0 Å². The number of rotatable bonds is 3. The predicted molar refractivity (Wildman–Crippen MR) is 92.5 cm³/mol. The van der Waals surface area contributed by atoms with E-state index in [1.165, 1.54) is 13.2 Å². The van der Waals surface area contributed by atoms with Crippen LogP contribution >= 0.6 is 11.6 Å². The minimum Gasteiger partial charge on any atom is -0.504 e. The van der Waals surface area contributed by atoms with Gasteiger partial charge in [-0.3, -0.25) is 0 Å². The van der Waals surface area contributed by atoms with Crippen molar-refractivity contribution in [3.05, 3.63) is 82.3 Å². The Labute approximate surface area is 148 Å². The van der Waals surface area contributed by atoms with Crippen molar-refractivity contribution < 1.29 is 24.2 Å². The van der Waals surface area contributed by atoms with Gasteiger partial charge >= 0.3 is 11.9 Å². The van der Waals surface area contributed by atoms with Crippen LogP contribution in [-0.4, -0.2) is 24.2 Å². The van der Waals surface area contributed by atoms with Crippen LogP contribution in [0.2, 0.25) is 5.02 Å². The zero-order valence-electron chi connectivity index (χ0n) is 13.2. The summed E-state index contributed by atoms with van der Waals surface area (Å²) in [6.07, 6.45) is 0. The minimum atomic E-state index is -0.771. The highest BCUT2D eigenvalue weighted by atomic mass is 35.5. The lowest BCUT2D eigenvalue weighted by atomic mass is 10.0. The lowest BCUT2D eigenvalue weighted by Crippen LogP contribution is -2.09. The Morgan fingerprint density at radius 2 is 1.84 bits per heavy atom. The summed E-state index contributed by atoms with van der Waals surface area (Å²) >= 11 is 5.94. The number of cyclic esters (lactones) is 1. The molecular weight excluding hydrogens is 344 g/mol. The van der Waals surface area contributed by atoms with E-state index in [1.54, 1.807) is 48.5 Å². The number of aliphatic hydroxyl groups excluding tert-OH is 1. The Kier molecular flexibility index (Phi) is 4.59. The van der Waals surface area contributed by atoms with Gasteiger partial charge in [0.1, 0.15) is 11.1 Å². The van der Waals surface area contributed by atoms with Gasteiger partial charge in [0.2, 0.25) is 0 Å². The second kappa shape index (κ2) is 6.83. The van der Waals surface area contributed by atoms with Crippen molar-refractivity contribution in [2.75, 3.05) is 7.11 Å². The number of esters is 2. The number of methoxy groups -OCH3 is 1. The molecule has 0 bridgehead atoms. The molecule has 0 unspecified atom stereocenters. The minimum absolute atomic E-state index is 0.0361. The van der Waals surface area contributed by atoms with Crippen LogP contribution in [-0.2, 0) is 19.1 Å². The van der Waals surface area contributed by atoms with Crippen molar-refractivity contribution in [2.45, 2.75) is 0 Å². The molecule has 0 saturated carbocycles. The second-order valence-corrected chi connectivity index (χ2v) is 5.62. The molecule has 6 heteroatoms. The molecule has 0 saturated heterocycles. The number of hydrogen-bond donors (Lipinski definition) is 1. The number of benzene rings is 2. The summed E-state index contributed by atoms with van der Waals surface area (Å²) in [6.45, 7) is 0. The molecule has 1 heterocycles. The molecule has 2 aromatic carbocycles. The second-order valence-electron chi connectivity index (χ2n) is 5.19. The Bertz CT molecular complexity index is 912. The van der Waals surface area contributed by atoms with Gasteiger partial charge in [0, 0.05) is 5.02 Å². The van der Waals surface area contributed by atoms with E-state index < -0.39 is 17.7 Å². The normalized spacial score (nSPS) is 15.8. The molecule has 0 amide bonds. The Morgan fingerprint density at radius 1 is 1.12 bits per heavy atom. The highest BCUT2D eigenvalue weighted by Gasteiger charge is 2.36. The van der Waals surface area contributed by atoms with Crippen molar-refractivity contribution in [1.82, 2.24) is 0 Å². The van der Waals surface area contributed by atoms with Gasteiger partial charge < -0.3 is 14.6 Å². The lowest BCUT2D eigenvalue weighted by Gasteiger charge is -2.09. The van der Waals surface area contributed by atoms with Crippen molar-refractivity contribution in [2.24, 2.45) is 0 Å². The quantitative estimate of drug-likeness (QED) is 0.669. The smallest absolute Gasteiger partial charge is 0.348 e. The summed E-state index contributed by atoms with van der Waals surface area (Å²) in [5.41, 5.74) is 0.749. The van der Waals surface area contributed by atoms with Crippen LogP contribution in [0.4, 0.5) is 0 Å². The van der Waals surface area contributed by atoms with Crippen molar-refractivity contribution in [3.63, 3.8) is 0 Å². The van der Waals surface area contributed by atoms with Crippen LogP contribution in [0.1, 0.15) is 11.1 Å². The number of carbonyl (C=O) groups excluding carboxylic acids is 2. The average Bonchev–Trinajstić information content (AvgIpc) is 2.90. The molecule has 0 spiro atoms. The first kappa shape index (κ1) is 16.8. The van der Waals surface area contributed by atoms with Crippen LogP contribution in [0.5, 0.6) is 0 Å². The maximum absolute atomic E-state index is 12.3. The molecule has 0 aromatic heterocycles. The van der Waals surface area contributed by atoms with Crippen LogP contribution in [0.3, 0.4) is 0 Å². The summed E-state index contributed by atoms with van der Waals surface area (Å²) in [5, 5.41) is 11.0. The fourth-order valence-corrected chi connectivity index (χ4v) is 2.71. The van der Waals surface area contributed by atoms with Crippen molar-refractivity contribution in [3.8, 4) is 0 Å². The van der Waals surface area contributed by atoms with Gasteiger partial charge in [-0.15, -0.1) is 0 Å². The standard InChI is InChI=1S/C19H13ClO5/c1-24-18(22)15(11-6-3-2-4-7-11)17-16(21)14(19(23)25-17)12-8-5-9-13(20)10-12/h2-10,21H,1H3/b17-15-. The third-order valence-electron chi connectivity index (χ3n) is 3.64. The zero-order valence-corrected chi connectivity index (χ0v) is 13.9. The SMILES string of the molecule is COC(=O)/C(=C1\OC(=O)C(c2cccc(Cl)c2)=C1O)c1ccccc1. The van der Waals surface area contributed by atoms with Crippen LogP contribution in [0.15, 0.2) is 66.1 Å². The van der Waals surface area contributed by atoms with Gasteiger partial charge in [-0.05, 0) is 23.3 Å². The topological polar surface area (TPSA) is 72.8 Å². The van der Waals surface area contributed by atoms with E-state index in [2.05, 4.69) is 0 Å². The van der Waals surface area contributed by atoms with E-state index in [0.29, 0.717) is 16.1 Å². The van der Waals surface area contributed by atoms with E-state index in [1.807, 2.05) is 0 Å². The first-order valence-electron chi connectivity index (χ1n) is 7.32. The van der Waals surface area contributed by atoms with Crippen molar-refractivity contribution >= 4 is 34.7 Å². The predicted octanol–water partition coefficient (Wildman–Crippen LogP) is 3.75. The maximum atomic E-state index is 12.3. The fraction of sp³-hybridized carbons (Fsp3) is 0.0526. The monoisotopic (exact) mass is 356 g/mol. The molecule has 2 aromatic rings. The molecular formula is C19H13ClO5. The Morgan fingerprint density at radius 3 is 2.48 bits per heavy atom. The molecule has 0 aliphatic carbocycles. The maximum Gasteiger partial charge on any atom is 0.348 e. The molecule has 0 atom stereocenters. The van der Waals surface area contributed by atoms with E-state index in [9.17, 15) is 14.7 Å². The molecule has 1 aliphatic heterocycles. The first-order chi connectivity index (χ1) is 12.0. The lowest BCUT2D eigenvalue weighted by molar-refractivity contribution is -0.134. The molecule has 1 N–H and O–H groups in total. The van der Waals surface area contributed by atoms with Crippen LogP contribution in [0.25, 0.3) is 11.1 Å². The number of carbonyl (C=O) groups is 2. The fourth-order valence-electron chi connectivity index (χ4n) is 2.52. The molecule has 0 radical (unpaired) electrons. The Hall–Kier alpha value is -3.05. The van der Waals surface area contributed by atoms with E-state index in [4.69, 9.17) is 21.1 Å². The molecule has 5 nitrogen and oxygen atoms in total. The van der Waals surface area contributed by atoms with Gasteiger partial charge in [-0.1, -0.05) is 54.1 Å². The number of halogens is 1. The molecule has 25 heavy (non-hydrogen) atoms. The van der Waals surface area contributed by atoms with Gasteiger partial charge in [-0.25, -0.2) is 9.59 Å². The highest BCUT2D eigenvalue weighted by Crippen LogP contribution is 2.37. The summed E-state index contributed by atoms with van der Waals surface area (Å²) in [6, 6.07) is 14.9. The van der Waals surface area contributed by atoms with Gasteiger partial charge in [-0.2, -0.15) is 0 Å². The van der Waals surface area contributed by atoms with Gasteiger partial charge in [0.05, 0.1) is 7.11 Å². The molecule has 0 fully saturated rings. The zero-order chi connectivity index (χ0) is 18.0. The summed E-state index contributed by atoms with van der Waals surface area (Å²) in [5.74, 6) is -2.17. The molecule has 1 aliphatic rings. The van der Waals surface area contributed by atoms with E-state index >= 15 is 0 Å².